The van der Waals surface area contributed by atoms with E-state index in [2.05, 4.69) is 17.1 Å². The largest absolute Gasteiger partial charge is 0.481 e. The molecule has 3 heterocycles. The number of piperidine rings is 1. The van der Waals surface area contributed by atoms with Gasteiger partial charge in [0, 0.05) is 37.2 Å². The molecule has 2 aromatic rings. The normalized spacial score (nSPS) is 23.2. The SMILES string of the molecule is COc1cc(C(=O)N2CCC(N3C(=O)OC4Cc5ccccc5C43)CC2)cc(Cl)n1. The predicted molar refractivity (Wildman–Crippen MR) is 110 cm³/mol. The zero-order valence-electron chi connectivity index (χ0n) is 16.6. The average Bonchev–Trinajstić information content (AvgIpc) is 3.27. The van der Waals surface area contributed by atoms with Crippen molar-refractivity contribution in [1.29, 1.82) is 0 Å². The van der Waals surface area contributed by atoms with Crippen LogP contribution in [0.3, 0.4) is 0 Å². The van der Waals surface area contributed by atoms with Crippen molar-refractivity contribution in [3.05, 3.63) is 58.2 Å². The van der Waals surface area contributed by atoms with E-state index in [0.29, 0.717) is 37.4 Å². The minimum absolute atomic E-state index is 0.0239. The minimum Gasteiger partial charge on any atom is -0.481 e. The molecule has 1 aliphatic carbocycles. The Hall–Kier alpha value is -2.80. The van der Waals surface area contributed by atoms with E-state index in [1.165, 1.54) is 18.2 Å². The van der Waals surface area contributed by atoms with Gasteiger partial charge in [0.15, 0.2) is 0 Å². The highest BCUT2D eigenvalue weighted by atomic mass is 35.5. The van der Waals surface area contributed by atoms with Crippen LogP contribution in [0.2, 0.25) is 5.15 Å². The first-order chi connectivity index (χ1) is 14.5. The summed E-state index contributed by atoms with van der Waals surface area (Å²) in [4.78, 5) is 33.3. The maximum Gasteiger partial charge on any atom is 0.411 e. The van der Waals surface area contributed by atoms with Crippen molar-refractivity contribution in [1.82, 2.24) is 14.8 Å². The zero-order valence-corrected chi connectivity index (χ0v) is 17.3. The highest BCUT2D eigenvalue weighted by molar-refractivity contribution is 6.29. The second-order valence-corrected chi connectivity index (χ2v) is 8.31. The van der Waals surface area contributed by atoms with E-state index in [4.69, 9.17) is 21.1 Å². The van der Waals surface area contributed by atoms with Gasteiger partial charge in [-0.25, -0.2) is 9.78 Å². The molecule has 156 valence electrons. The molecule has 1 aromatic carbocycles. The number of fused-ring (bicyclic) bond motifs is 3. The Labute approximate surface area is 179 Å². The number of methoxy groups -OCH3 is 1. The molecule has 0 radical (unpaired) electrons. The Balaban J connectivity index is 1.30. The molecule has 0 saturated carbocycles. The summed E-state index contributed by atoms with van der Waals surface area (Å²) in [7, 11) is 1.49. The fourth-order valence-electron chi connectivity index (χ4n) is 4.88. The lowest BCUT2D eigenvalue weighted by Crippen LogP contribution is -2.47. The van der Waals surface area contributed by atoms with E-state index in [-0.39, 0.29) is 35.3 Å². The summed E-state index contributed by atoms with van der Waals surface area (Å²) in [5, 5.41) is 0.221. The standard InChI is InChI=1S/C22H22ClN3O4/c1-29-19-12-14(11-18(23)24-19)21(27)25-8-6-15(7-9-25)26-20-16-5-3-2-4-13(16)10-17(20)30-22(26)28/h2-5,11-12,15,17,20H,6-10H2,1H3. The van der Waals surface area contributed by atoms with Crippen molar-refractivity contribution < 1.29 is 19.1 Å². The van der Waals surface area contributed by atoms with Crippen molar-refractivity contribution in [2.75, 3.05) is 20.2 Å². The molecule has 2 saturated heterocycles. The van der Waals surface area contributed by atoms with Gasteiger partial charge in [-0.1, -0.05) is 35.9 Å². The van der Waals surface area contributed by atoms with Crippen LogP contribution in [0.15, 0.2) is 36.4 Å². The number of hydrogen-bond donors (Lipinski definition) is 0. The molecule has 0 N–H and O–H groups in total. The molecule has 5 rings (SSSR count). The number of benzene rings is 1. The number of nitrogens with zero attached hydrogens (tertiary/aromatic N) is 3. The Bertz CT molecular complexity index is 1010. The number of halogens is 1. The number of likely N-dealkylation sites (tertiary alicyclic amines) is 1. The van der Waals surface area contributed by atoms with Crippen LogP contribution in [0.5, 0.6) is 5.88 Å². The third kappa shape index (κ3) is 3.17. The summed E-state index contributed by atoms with van der Waals surface area (Å²) < 4.78 is 10.8. The van der Waals surface area contributed by atoms with E-state index >= 15 is 0 Å². The van der Waals surface area contributed by atoms with Gasteiger partial charge >= 0.3 is 6.09 Å². The summed E-state index contributed by atoms with van der Waals surface area (Å²) >= 11 is 6.01. The molecular weight excluding hydrogens is 406 g/mol. The Morgan fingerprint density at radius 3 is 2.77 bits per heavy atom. The van der Waals surface area contributed by atoms with E-state index < -0.39 is 0 Å². The number of pyridine rings is 1. The first-order valence-electron chi connectivity index (χ1n) is 10.1. The molecule has 2 aliphatic heterocycles. The zero-order chi connectivity index (χ0) is 20.8. The highest BCUT2D eigenvalue weighted by Gasteiger charge is 2.50. The van der Waals surface area contributed by atoms with Gasteiger partial charge in [0.25, 0.3) is 5.91 Å². The lowest BCUT2D eigenvalue weighted by molar-refractivity contribution is 0.0635. The second-order valence-electron chi connectivity index (χ2n) is 7.92. The molecule has 0 bridgehead atoms. The first-order valence-corrected chi connectivity index (χ1v) is 10.5. The molecule has 2 unspecified atom stereocenters. The number of carbonyl (C=O) groups excluding carboxylic acids is 2. The monoisotopic (exact) mass is 427 g/mol. The van der Waals surface area contributed by atoms with E-state index in [9.17, 15) is 9.59 Å². The van der Waals surface area contributed by atoms with Gasteiger partial charge < -0.3 is 14.4 Å². The molecular formula is C22H22ClN3O4. The average molecular weight is 428 g/mol. The lowest BCUT2D eigenvalue weighted by atomic mass is 9.98. The van der Waals surface area contributed by atoms with Crippen LogP contribution in [-0.2, 0) is 11.2 Å². The van der Waals surface area contributed by atoms with Crippen LogP contribution >= 0.6 is 11.6 Å². The molecule has 7 nitrogen and oxygen atoms in total. The van der Waals surface area contributed by atoms with Gasteiger partial charge in [-0.15, -0.1) is 0 Å². The van der Waals surface area contributed by atoms with Gasteiger partial charge in [-0.3, -0.25) is 9.69 Å². The second kappa shape index (κ2) is 7.47. The smallest absolute Gasteiger partial charge is 0.411 e. The van der Waals surface area contributed by atoms with Gasteiger partial charge in [-0.05, 0) is 30.0 Å². The quantitative estimate of drug-likeness (QED) is 0.701. The summed E-state index contributed by atoms with van der Waals surface area (Å²) in [6.45, 7) is 1.13. The number of hydrogen-bond acceptors (Lipinski definition) is 5. The van der Waals surface area contributed by atoms with Crippen LogP contribution < -0.4 is 4.74 Å². The minimum atomic E-state index is -0.241. The van der Waals surface area contributed by atoms with Gasteiger partial charge in [-0.2, -0.15) is 0 Å². The summed E-state index contributed by atoms with van der Waals surface area (Å²) in [5.41, 5.74) is 2.89. The summed E-state index contributed by atoms with van der Waals surface area (Å²) in [6, 6.07) is 11.4. The Morgan fingerprint density at radius 1 is 1.23 bits per heavy atom. The van der Waals surface area contributed by atoms with Gasteiger partial charge in [0.2, 0.25) is 5.88 Å². The van der Waals surface area contributed by atoms with E-state index in [0.717, 1.165) is 6.42 Å². The lowest BCUT2D eigenvalue weighted by Gasteiger charge is -2.38. The number of carbonyl (C=O) groups is 2. The van der Waals surface area contributed by atoms with Gasteiger partial charge in [0.05, 0.1) is 13.2 Å². The third-order valence-corrected chi connectivity index (χ3v) is 6.48. The number of amides is 2. The molecule has 2 fully saturated rings. The van der Waals surface area contributed by atoms with Crippen LogP contribution in [-0.4, -0.2) is 59.1 Å². The highest BCUT2D eigenvalue weighted by Crippen LogP contribution is 2.44. The fraction of sp³-hybridized carbons (Fsp3) is 0.409. The predicted octanol–water partition coefficient (Wildman–Crippen LogP) is 3.47. The number of rotatable bonds is 3. The van der Waals surface area contributed by atoms with Crippen molar-refractivity contribution >= 4 is 23.6 Å². The Kier molecular flexibility index (Phi) is 4.77. The van der Waals surface area contributed by atoms with E-state index in [1.54, 1.807) is 17.0 Å². The van der Waals surface area contributed by atoms with Gasteiger partial charge in [0.1, 0.15) is 11.3 Å². The molecule has 30 heavy (non-hydrogen) atoms. The number of ether oxygens (including phenoxy) is 2. The third-order valence-electron chi connectivity index (χ3n) is 6.28. The first kappa shape index (κ1) is 19.2. The molecule has 3 aliphatic rings. The van der Waals surface area contributed by atoms with E-state index in [1.807, 2.05) is 17.0 Å². The molecule has 0 spiro atoms. The maximum absolute atomic E-state index is 12.9. The van der Waals surface area contributed by atoms with Crippen LogP contribution in [0.1, 0.15) is 40.4 Å². The van der Waals surface area contributed by atoms with Crippen LogP contribution in [0.25, 0.3) is 0 Å². The topological polar surface area (TPSA) is 72.0 Å². The molecule has 8 heteroatoms. The maximum atomic E-state index is 12.9. The fourth-order valence-corrected chi connectivity index (χ4v) is 5.08. The molecule has 2 atom stereocenters. The van der Waals surface area contributed by atoms with Crippen LogP contribution in [0.4, 0.5) is 4.79 Å². The summed E-state index contributed by atoms with van der Waals surface area (Å²) in [6.07, 6.45) is 1.84. The van der Waals surface area contributed by atoms with Crippen molar-refractivity contribution in [3.8, 4) is 5.88 Å². The van der Waals surface area contributed by atoms with Crippen molar-refractivity contribution in [2.45, 2.75) is 37.5 Å². The molecule has 2 amide bonds. The summed E-state index contributed by atoms with van der Waals surface area (Å²) in [5.74, 6) is 0.204. The van der Waals surface area contributed by atoms with Crippen LogP contribution in [0, 0.1) is 0 Å². The molecule has 1 aromatic heterocycles. The van der Waals surface area contributed by atoms with Crippen molar-refractivity contribution in [2.24, 2.45) is 0 Å². The van der Waals surface area contributed by atoms with Crippen molar-refractivity contribution in [3.63, 3.8) is 0 Å². The number of aromatic nitrogens is 1. The Morgan fingerprint density at radius 2 is 2.00 bits per heavy atom.